The molecular formula is C20H28N4O. The lowest BCUT2D eigenvalue weighted by Gasteiger charge is -2.37. The second-order valence-corrected chi connectivity index (χ2v) is 7.98. The van der Waals surface area contributed by atoms with E-state index < -0.39 is 0 Å². The summed E-state index contributed by atoms with van der Waals surface area (Å²) < 4.78 is 8.42. The van der Waals surface area contributed by atoms with Crippen LogP contribution in [0.3, 0.4) is 0 Å². The van der Waals surface area contributed by atoms with Gasteiger partial charge in [-0.3, -0.25) is 4.68 Å². The van der Waals surface area contributed by atoms with Gasteiger partial charge in [-0.1, -0.05) is 19.9 Å². The number of rotatable bonds is 5. The highest BCUT2D eigenvalue weighted by Crippen LogP contribution is 2.42. The molecule has 5 nitrogen and oxygen atoms in total. The summed E-state index contributed by atoms with van der Waals surface area (Å²) >= 11 is 0. The van der Waals surface area contributed by atoms with Crippen molar-refractivity contribution in [2.24, 2.45) is 17.8 Å². The minimum atomic E-state index is 0.134. The minimum absolute atomic E-state index is 0.134. The molecule has 0 amide bonds. The van der Waals surface area contributed by atoms with Gasteiger partial charge in [0.15, 0.2) is 0 Å². The van der Waals surface area contributed by atoms with Crippen molar-refractivity contribution in [3.63, 3.8) is 0 Å². The van der Waals surface area contributed by atoms with Gasteiger partial charge in [0.25, 0.3) is 0 Å². The van der Waals surface area contributed by atoms with Gasteiger partial charge < -0.3 is 9.64 Å². The zero-order chi connectivity index (χ0) is 17.2. The summed E-state index contributed by atoms with van der Waals surface area (Å²) in [4.78, 5) is 7.01. The highest BCUT2D eigenvalue weighted by atomic mass is 16.5. The highest BCUT2D eigenvalue weighted by molar-refractivity contribution is 5.11. The van der Waals surface area contributed by atoms with Crippen molar-refractivity contribution < 1.29 is 4.74 Å². The standard InChI is InChI=1S/C20H28N4O/c1-15(2)12-23-13-16-10-18(24-9-5-8-22-24)19(11-17(16)14-23)25-20-6-3-4-7-21-20/h3-9,15-19H,10-14H2,1-2H3/t16-,17+,18-,19-/m0/s1. The van der Waals surface area contributed by atoms with E-state index >= 15 is 0 Å². The molecule has 0 spiro atoms. The second kappa shape index (κ2) is 7.16. The van der Waals surface area contributed by atoms with Gasteiger partial charge in [0.05, 0.1) is 6.04 Å². The van der Waals surface area contributed by atoms with Crippen molar-refractivity contribution in [2.45, 2.75) is 38.8 Å². The molecule has 0 N–H and O–H groups in total. The lowest BCUT2D eigenvalue weighted by atomic mass is 9.77. The molecule has 0 aromatic carbocycles. The van der Waals surface area contributed by atoms with E-state index in [-0.39, 0.29) is 12.1 Å². The number of hydrogen-bond acceptors (Lipinski definition) is 4. The molecule has 2 aliphatic rings. The first-order valence-corrected chi connectivity index (χ1v) is 9.48. The van der Waals surface area contributed by atoms with Gasteiger partial charge in [-0.05, 0) is 42.7 Å². The Labute approximate surface area is 150 Å². The number of likely N-dealkylation sites (tertiary alicyclic amines) is 1. The fourth-order valence-corrected chi connectivity index (χ4v) is 4.61. The molecule has 134 valence electrons. The lowest BCUT2D eigenvalue weighted by Crippen LogP contribution is -2.40. The van der Waals surface area contributed by atoms with E-state index in [9.17, 15) is 0 Å². The summed E-state index contributed by atoms with van der Waals surface area (Å²) in [6.45, 7) is 8.24. The van der Waals surface area contributed by atoms with Crippen LogP contribution in [0.1, 0.15) is 32.7 Å². The molecule has 3 heterocycles. The Bertz CT molecular complexity index is 658. The number of ether oxygens (including phenoxy) is 1. The predicted octanol–water partition coefficient (Wildman–Crippen LogP) is 3.26. The summed E-state index contributed by atoms with van der Waals surface area (Å²) in [6, 6.07) is 8.15. The Morgan fingerprint density at radius 2 is 1.96 bits per heavy atom. The Morgan fingerprint density at radius 3 is 2.64 bits per heavy atom. The molecular weight excluding hydrogens is 312 g/mol. The van der Waals surface area contributed by atoms with E-state index in [1.165, 1.54) is 19.6 Å². The number of fused-ring (bicyclic) bond motifs is 1. The Balaban J connectivity index is 1.52. The van der Waals surface area contributed by atoms with Crippen molar-refractivity contribution in [3.05, 3.63) is 42.9 Å². The van der Waals surface area contributed by atoms with Gasteiger partial charge in [-0.25, -0.2) is 4.98 Å². The van der Waals surface area contributed by atoms with Gasteiger partial charge in [-0.2, -0.15) is 5.10 Å². The smallest absolute Gasteiger partial charge is 0.213 e. The van der Waals surface area contributed by atoms with E-state index in [4.69, 9.17) is 4.74 Å². The summed E-state index contributed by atoms with van der Waals surface area (Å²) in [5.41, 5.74) is 0. The van der Waals surface area contributed by atoms with Crippen LogP contribution in [0, 0.1) is 17.8 Å². The Hall–Kier alpha value is -1.88. The monoisotopic (exact) mass is 340 g/mol. The predicted molar refractivity (Wildman–Crippen MR) is 97.4 cm³/mol. The van der Waals surface area contributed by atoms with Crippen LogP contribution in [-0.2, 0) is 0 Å². The normalized spacial score (nSPS) is 29.7. The fourth-order valence-electron chi connectivity index (χ4n) is 4.61. The zero-order valence-electron chi connectivity index (χ0n) is 15.2. The van der Waals surface area contributed by atoms with E-state index in [1.54, 1.807) is 6.20 Å². The van der Waals surface area contributed by atoms with Crippen LogP contribution < -0.4 is 4.74 Å². The van der Waals surface area contributed by atoms with Crippen LogP contribution in [0.5, 0.6) is 5.88 Å². The van der Waals surface area contributed by atoms with Crippen molar-refractivity contribution in [1.29, 1.82) is 0 Å². The molecule has 0 bridgehead atoms. The number of nitrogens with zero attached hydrogens (tertiary/aromatic N) is 4. The van der Waals surface area contributed by atoms with Gasteiger partial charge in [0.2, 0.25) is 5.88 Å². The largest absolute Gasteiger partial charge is 0.472 e. The van der Waals surface area contributed by atoms with Gasteiger partial charge in [0.1, 0.15) is 6.10 Å². The summed E-state index contributed by atoms with van der Waals surface area (Å²) in [6.07, 6.45) is 8.09. The van der Waals surface area contributed by atoms with Crippen LogP contribution in [-0.4, -0.2) is 45.4 Å². The van der Waals surface area contributed by atoms with Crippen LogP contribution in [0.15, 0.2) is 42.9 Å². The quantitative estimate of drug-likeness (QED) is 0.838. The maximum Gasteiger partial charge on any atom is 0.213 e. The molecule has 0 radical (unpaired) electrons. The van der Waals surface area contributed by atoms with Crippen molar-refractivity contribution in [3.8, 4) is 5.88 Å². The van der Waals surface area contributed by atoms with Crippen LogP contribution in [0.4, 0.5) is 0 Å². The molecule has 4 rings (SSSR count). The Morgan fingerprint density at radius 1 is 1.12 bits per heavy atom. The molecule has 2 aromatic rings. The first-order valence-electron chi connectivity index (χ1n) is 9.48. The third-order valence-corrected chi connectivity index (χ3v) is 5.56. The van der Waals surface area contributed by atoms with Crippen LogP contribution in [0.25, 0.3) is 0 Å². The lowest BCUT2D eigenvalue weighted by molar-refractivity contribution is 0.0459. The number of pyridine rings is 1. The van der Waals surface area contributed by atoms with E-state index in [0.29, 0.717) is 0 Å². The van der Waals surface area contributed by atoms with Gasteiger partial charge in [0, 0.05) is 44.3 Å². The summed E-state index contributed by atoms with van der Waals surface area (Å²) in [5.74, 6) is 2.92. The number of hydrogen-bond donors (Lipinski definition) is 0. The van der Waals surface area contributed by atoms with Crippen LogP contribution in [0.2, 0.25) is 0 Å². The second-order valence-electron chi connectivity index (χ2n) is 7.98. The Kier molecular flexibility index (Phi) is 4.75. The molecule has 4 atom stereocenters. The first kappa shape index (κ1) is 16.6. The average Bonchev–Trinajstić information content (AvgIpc) is 3.23. The topological polar surface area (TPSA) is 43.2 Å². The van der Waals surface area contributed by atoms with E-state index in [0.717, 1.165) is 36.5 Å². The first-order chi connectivity index (χ1) is 12.2. The molecule has 1 aliphatic heterocycles. The molecule has 2 fully saturated rings. The average molecular weight is 340 g/mol. The minimum Gasteiger partial charge on any atom is -0.472 e. The molecule has 1 saturated carbocycles. The maximum atomic E-state index is 6.33. The van der Waals surface area contributed by atoms with Crippen molar-refractivity contribution in [2.75, 3.05) is 19.6 Å². The van der Waals surface area contributed by atoms with Crippen molar-refractivity contribution in [1.82, 2.24) is 19.7 Å². The van der Waals surface area contributed by atoms with E-state index in [2.05, 4.69) is 39.7 Å². The van der Waals surface area contributed by atoms with Crippen molar-refractivity contribution >= 4 is 0 Å². The van der Waals surface area contributed by atoms with Gasteiger partial charge in [-0.15, -0.1) is 0 Å². The molecule has 0 unspecified atom stereocenters. The maximum absolute atomic E-state index is 6.33. The number of aromatic nitrogens is 3. The molecule has 1 saturated heterocycles. The molecule has 5 heteroatoms. The van der Waals surface area contributed by atoms with Gasteiger partial charge >= 0.3 is 0 Å². The summed E-state index contributed by atoms with van der Waals surface area (Å²) in [5, 5.41) is 4.52. The molecule has 1 aliphatic carbocycles. The third-order valence-electron chi connectivity index (χ3n) is 5.56. The summed E-state index contributed by atoms with van der Waals surface area (Å²) in [7, 11) is 0. The highest BCUT2D eigenvalue weighted by Gasteiger charge is 2.44. The van der Waals surface area contributed by atoms with Crippen LogP contribution >= 0.6 is 0 Å². The fraction of sp³-hybridized carbons (Fsp3) is 0.600. The van der Waals surface area contributed by atoms with E-state index in [1.807, 2.05) is 30.5 Å². The molecule has 2 aromatic heterocycles. The molecule has 25 heavy (non-hydrogen) atoms. The SMILES string of the molecule is CC(C)CN1C[C@H]2C[C@H](Oc3ccccn3)[C@@H](n3cccn3)C[C@H]2C1. The zero-order valence-corrected chi connectivity index (χ0v) is 15.2. The third kappa shape index (κ3) is 3.71.